The Morgan fingerprint density at radius 3 is 2.76 bits per heavy atom. The van der Waals surface area contributed by atoms with Crippen LogP contribution < -0.4 is 10.5 Å². The standard InChI is InChI=1S/C18H28N2O/c1-2-11-20(18(14-19)9-5-6-10-18)12-15-13-21-17-8-4-3-7-16(15)17/h3-4,7-8,15H,2,5-6,9-14,19H2,1H3. The number of para-hydroxylation sites is 1. The fraction of sp³-hybridized carbons (Fsp3) is 0.667. The van der Waals surface area contributed by atoms with Crippen molar-refractivity contribution in [1.29, 1.82) is 0 Å². The zero-order valence-corrected chi connectivity index (χ0v) is 13.2. The second-order valence-electron chi connectivity index (χ2n) is 6.63. The molecule has 1 aliphatic carbocycles. The summed E-state index contributed by atoms with van der Waals surface area (Å²) in [6.07, 6.45) is 6.37. The topological polar surface area (TPSA) is 38.5 Å². The van der Waals surface area contributed by atoms with Crippen molar-refractivity contribution in [2.45, 2.75) is 50.5 Å². The number of fused-ring (bicyclic) bond motifs is 1. The van der Waals surface area contributed by atoms with Gasteiger partial charge in [-0.3, -0.25) is 4.90 Å². The molecule has 116 valence electrons. The lowest BCUT2D eigenvalue weighted by atomic mass is 9.91. The fourth-order valence-corrected chi connectivity index (χ4v) is 4.12. The van der Waals surface area contributed by atoms with E-state index in [4.69, 9.17) is 10.5 Å². The Morgan fingerprint density at radius 2 is 2.05 bits per heavy atom. The van der Waals surface area contributed by atoms with E-state index in [9.17, 15) is 0 Å². The van der Waals surface area contributed by atoms with Crippen LogP contribution in [-0.4, -0.2) is 36.7 Å². The summed E-state index contributed by atoms with van der Waals surface area (Å²) in [5, 5.41) is 0. The second-order valence-corrected chi connectivity index (χ2v) is 6.63. The molecular weight excluding hydrogens is 260 g/mol. The predicted octanol–water partition coefficient (Wildman–Crippen LogP) is 3.15. The molecule has 3 nitrogen and oxygen atoms in total. The molecule has 0 aromatic heterocycles. The van der Waals surface area contributed by atoms with Crippen molar-refractivity contribution in [3.05, 3.63) is 29.8 Å². The molecule has 1 atom stereocenters. The maximum Gasteiger partial charge on any atom is 0.122 e. The van der Waals surface area contributed by atoms with E-state index in [1.807, 2.05) is 0 Å². The van der Waals surface area contributed by atoms with Crippen molar-refractivity contribution in [2.75, 3.05) is 26.2 Å². The molecule has 0 spiro atoms. The fourth-order valence-electron chi connectivity index (χ4n) is 4.12. The van der Waals surface area contributed by atoms with E-state index < -0.39 is 0 Å². The van der Waals surface area contributed by atoms with Crippen LogP contribution in [0.1, 0.15) is 50.5 Å². The molecule has 1 aromatic rings. The molecule has 1 saturated carbocycles. The van der Waals surface area contributed by atoms with Crippen LogP contribution in [0, 0.1) is 0 Å². The van der Waals surface area contributed by atoms with Gasteiger partial charge in [0.15, 0.2) is 0 Å². The lowest BCUT2D eigenvalue weighted by Gasteiger charge is -2.42. The quantitative estimate of drug-likeness (QED) is 0.874. The third-order valence-corrected chi connectivity index (χ3v) is 5.32. The molecule has 3 rings (SSSR count). The van der Waals surface area contributed by atoms with Crippen LogP contribution in [0.2, 0.25) is 0 Å². The molecule has 1 fully saturated rings. The Bertz CT molecular complexity index is 468. The third-order valence-electron chi connectivity index (χ3n) is 5.32. The lowest BCUT2D eigenvalue weighted by molar-refractivity contribution is 0.0874. The lowest BCUT2D eigenvalue weighted by Crippen LogP contribution is -2.53. The maximum atomic E-state index is 6.20. The molecule has 0 bridgehead atoms. The van der Waals surface area contributed by atoms with Crippen LogP contribution in [0.15, 0.2) is 24.3 Å². The van der Waals surface area contributed by atoms with Gasteiger partial charge in [0.25, 0.3) is 0 Å². The summed E-state index contributed by atoms with van der Waals surface area (Å²) in [6, 6.07) is 8.50. The van der Waals surface area contributed by atoms with E-state index in [-0.39, 0.29) is 5.54 Å². The van der Waals surface area contributed by atoms with E-state index in [2.05, 4.69) is 36.1 Å². The highest BCUT2D eigenvalue weighted by molar-refractivity contribution is 5.39. The first-order chi connectivity index (χ1) is 10.3. The Balaban J connectivity index is 1.77. The SMILES string of the molecule is CCCN(CC1COc2ccccc21)C1(CN)CCCC1. The van der Waals surface area contributed by atoms with Gasteiger partial charge in [-0.15, -0.1) is 0 Å². The van der Waals surface area contributed by atoms with Crippen molar-refractivity contribution < 1.29 is 4.74 Å². The van der Waals surface area contributed by atoms with Crippen LogP contribution in [0.3, 0.4) is 0 Å². The zero-order chi connectivity index (χ0) is 14.7. The van der Waals surface area contributed by atoms with Gasteiger partial charge in [0.1, 0.15) is 5.75 Å². The van der Waals surface area contributed by atoms with Gasteiger partial charge >= 0.3 is 0 Å². The molecular formula is C18H28N2O. The van der Waals surface area contributed by atoms with Gasteiger partial charge in [-0.05, 0) is 31.9 Å². The Morgan fingerprint density at radius 1 is 1.29 bits per heavy atom. The molecule has 1 heterocycles. The van der Waals surface area contributed by atoms with Crippen molar-refractivity contribution >= 4 is 0 Å². The first-order valence-electron chi connectivity index (χ1n) is 8.46. The van der Waals surface area contributed by atoms with Crippen LogP contribution in [0.25, 0.3) is 0 Å². The van der Waals surface area contributed by atoms with Gasteiger partial charge in [0.2, 0.25) is 0 Å². The number of benzene rings is 1. The van der Waals surface area contributed by atoms with E-state index in [0.29, 0.717) is 5.92 Å². The van der Waals surface area contributed by atoms with Gasteiger partial charge in [-0.2, -0.15) is 0 Å². The third kappa shape index (κ3) is 2.82. The number of hydrogen-bond acceptors (Lipinski definition) is 3. The van der Waals surface area contributed by atoms with Crippen molar-refractivity contribution in [3.63, 3.8) is 0 Å². The largest absolute Gasteiger partial charge is 0.493 e. The van der Waals surface area contributed by atoms with Crippen LogP contribution in [0.4, 0.5) is 0 Å². The monoisotopic (exact) mass is 288 g/mol. The number of nitrogens with zero attached hydrogens (tertiary/aromatic N) is 1. The number of rotatable bonds is 6. The highest BCUT2D eigenvalue weighted by atomic mass is 16.5. The van der Waals surface area contributed by atoms with Crippen molar-refractivity contribution in [2.24, 2.45) is 5.73 Å². The summed E-state index contributed by atoms with van der Waals surface area (Å²) >= 11 is 0. The Hall–Kier alpha value is -1.06. The number of ether oxygens (including phenoxy) is 1. The van der Waals surface area contributed by atoms with E-state index in [0.717, 1.165) is 32.0 Å². The van der Waals surface area contributed by atoms with E-state index >= 15 is 0 Å². The minimum atomic E-state index is 0.244. The molecule has 1 unspecified atom stereocenters. The van der Waals surface area contributed by atoms with Crippen LogP contribution in [0.5, 0.6) is 5.75 Å². The average molecular weight is 288 g/mol. The second kappa shape index (κ2) is 6.37. The zero-order valence-electron chi connectivity index (χ0n) is 13.2. The van der Waals surface area contributed by atoms with Crippen LogP contribution in [-0.2, 0) is 0 Å². The van der Waals surface area contributed by atoms with Crippen LogP contribution >= 0.6 is 0 Å². The summed E-state index contributed by atoms with van der Waals surface area (Å²) in [6.45, 7) is 6.12. The molecule has 1 aromatic carbocycles. The summed E-state index contributed by atoms with van der Waals surface area (Å²) in [5.74, 6) is 1.57. The average Bonchev–Trinajstić information content (AvgIpc) is 3.15. The van der Waals surface area contributed by atoms with Crippen molar-refractivity contribution in [3.8, 4) is 5.75 Å². The molecule has 2 N–H and O–H groups in total. The summed E-state index contributed by atoms with van der Waals surface area (Å²) in [4.78, 5) is 2.68. The van der Waals surface area contributed by atoms with Gasteiger partial charge in [-0.25, -0.2) is 0 Å². The number of hydrogen-bond donors (Lipinski definition) is 1. The summed E-state index contributed by atoms with van der Waals surface area (Å²) in [5.41, 5.74) is 7.82. The van der Waals surface area contributed by atoms with Gasteiger partial charge in [0.05, 0.1) is 6.61 Å². The van der Waals surface area contributed by atoms with E-state index in [1.54, 1.807) is 0 Å². The molecule has 3 heteroatoms. The summed E-state index contributed by atoms with van der Waals surface area (Å²) < 4.78 is 5.86. The smallest absolute Gasteiger partial charge is 0.122 e. The van der Waals surface area contributed by atoms with E-state index in [1.165, 1.54) is 37.7 Å². The van der Waals surface area contributed by atoms with Gasteiger partial charge in [0, 0.05) is 30.1 Å². The summed E-state index contributed by atoms with van der Waals surface area (Å²) in [7, 11) is 0. The minimum absolute atomic E-state index is 0.244. The number of nitrogens with two attached hydrogens (primary N) is 1. The molecule has 0 amide bonds. The first-order valence-corrected chi connectivity index (χ1v) is 8.46. The Kier molecular flexibility index (Phi) is 4.51. The molecule has 0 radical (unpaired) electrons. The maximum absolute atomic E-state index is 6.20. The molecule has 0 saturated heterocycles. The highest BCUT2D eigenvalue weighted by Gasteiger charge is 2.39. The first kappa shape index (κ1) is 14.9. The Labute approximate surface area is 128 Å². The molecule has 2 aliphatic rings. The predicted molar refractivity (Wildman–Crippen MR) is 86.8 cm³/mol. The van der Waals surface area contributed by atoms with Gasteiger partial charge in [-0.1, -0.05) is 38.0 Å². The van der Waals surface area contributed by atoms with Gasteiger partial charge < -0.3 is 10.5 Å². The normalized spacial score (nSPS) is 23.3. The minimum Gasteiger partial charge on any atom is -0.493 e. The highest BCUT2D eigenvalue weighted by Crippen LogP contribution is 2.39. The van der Waals surface area contributed by atoms with Crippen molar-refractivity contribution in [1.82, 2.24) is 4.90 Å². The molecule has 1 aliphatic heterocycles. The molecule has 21 heavy (non-hydrogen) atoms.